The van der Waals surface area contributed by atoms with E-state index in [2.05, 4.69) is 51.5 Å². The van der Waals surface area contributed by atoms with Crippen molar-refractivity contribution in [2.75, 3.05) is 50.8 Å². The van der Waals surface area contributed by atoms with Gasteiger partial charge in [0, 0.05) is 50.5 Å². The van der Waals surface area contributed by atoms with Crippen LogP contribution in [0.1, 0.15) is 23.2 Å². The molecule has 2 amide bonds. The van der Waals surface area contributed by atoms with Gasteiger partial charge in [-0.3, -0.25) is 9.59 Å². The molecule has 42 heavy (non-hydrogen) atoms. The van der Waals surface area contributed by atoms with Crippen LogP contribution in [0, 0.1) is 0 Å². The highest BCUT2D eigenvalue weighted by Crippen LogP contribution is 2.24. The second kappa shape index (κ2) is 13.0. The van der Waals surface area contributed by atoms with E-state index in [1.807, 2.05) is 53.4 Å². The Labute approximate surface area is 246 Å². The topological polar surface area (TPSA) is 78.9 Å². The van der Waals surface area contributed by atoms with Gasteiger partial charge in [0.1, 0.15) is 6.54 Å². The summed E-state index contributed by atoms with van der Waals surface area (Å²) in [5.74, 6) is 0.617. The lowest BCUT2D eigenvalue weighted by Gasteiger charge is -2.36. The van der Waals surface area contributed by atoms with Gasteiger partial charge in [0.2, 0.25) is 5.91 Å². The van der Waals surface area contributed by atoms with Gasteiger partial charge in [0.15, 0.2) is 5.82 Å². The minimum Gasteiger partial charge on any atom is -0.376 e. The highest BCUT2D eigenvalue weighted by Gasteiger charge is 2.28. The predicted octanol–water partition coefficient (Wildman–Crippen LogP) is 4.78. The van der Waals surface area contributed by atoms with Crippen molar-refractivity contribution in [1.29, 1.82) is 0 Å². The zero-order valence-electron chi connectivity index (χ0n) is 23.6. The Bertz CT molecular complexity index is 1470. The number of amides is 2. The fourth-order valence-electron chi connectivity index (χ4n) is 5.58. The average Bonchev–Trinajstić information content (AvgIpc) is 3.58. The van der Waals surface area contributed by atoms with Crippen LogP contribution in [-0.2, 0) is 9.53 Å². The lowest BCUT2D eigenvalue weighted by Crippen LogP contribution is -2.52. The molecule has 214 valence electrons. The van der Waals surface area contributed by atoms with Crippen molar-refractivity contribution in [3.63, 3.8) is 0 Å². The van der Waals surface area contributed by atoms with Crippen molar-refractivity contribution in [3.05, 3.63) is 103 Å². The normalized spacial score (nSPS) is 16.8. The Balaban J connectivity index is 1.05. The maximum Gasteiger partial charge on any atom is 0.254 e. The molecule has 4 aromatic rings. The number of carbonyl (C=O) groups is 2. The van der Waals surface area contributed by atoms with E-state index in [0.29, 0.717) is 44.9 Å². The summed E-state index contributed by atoms with van der Waals surface area (Å²) in [5, 5.41) is 8.99. The second-order valence-electron chi connectivity index (χ2n) is 10.8. The molecule has 3 aromatic carbocycles. The number of ether oxygens (including phenoxy) is 1. The largest absolute Gasteiger partial charge is 0.376 e. The van der Waals surface area contributed by atoms with Crippen molar-refractivity contribution in [3.8, 4) is 22.4 Å². The molecule has 2 saturated heterocycles. The Kier molecular flexibility index (Phi) is 8.51. The highest BCUT2D eigenvalue weighted by molar-refractivity contribution is 5.96. The van der Waals surface area contributed by atoms with Crippen LogP contribution in [0.15, 0.2) is 97.1 Å². The van der Waals surface area contributed by atoms with Gasteiger partial charge >= 0.3 is 0 Å². The first-order chi connectivity index (χ1) is 20.6. The number of rotatable bonds is 8. The van der Waals surface area contributed by atoms with Crippen LogP contribution in [0.3, 0.4) is 0 Å². The quantitative estimate of drug-likeness (QED) is 0.308. The molecule has 2 aliphatic rings. The van der Waals surface area contributed by atoms with Crippen LogP contribution in [0.4, 0.5) is 5.82 Å². The molecule has 6 rings (SSSR count). The van der Waals surface area contributed by atoms with Crippen LogP contribution in [0.25, 0.3) is 22.4 Å². The van der Waals surface area contributed by atoms with E-state index in [0.717, 1.165) is 35.5 Å². The van der Waals surface area contributed by atoms with Crippen molar-refractivity contribution >= 4 is 17.6 Å². The zero-order chi connectivity index (χ0) is 28.7. The van der Waals surface area contributed by atoms with Gasteiger partial charge in [0.25, 0.3) is 5.91 Å². The summed E-state index contributed by atoms with van der Waals surface area (Å²) >= 11 is 0. The van der Waals surface area contributed by atoms with E-state index in [1.54, 1.807) is 17.0 Å². The Hall–Kier alpha value is -4.56. The predicted molar refractivity (Wildman–Crippen MR) is 163 cm³/mol. The lowest BCUT2D eigenvalue weighted by atomic mass is 10.0. The molecule has 8 heteroatoms. The fraction of sp³-hybridized carbons (Fsp3) is 0.294. The van der Waals surface area contributed by atoms with Gasteiger partial charge in [-0.25, -0.2) is 0 Å². The number of hydrogen-bond donors (Lipinski definition) is 0. The van der Waals surface area contributed by atoms with Crippen molar-refractivity contribution in [1.82, 2.24) is 20.0 Å². The maximum atomic E-state index is 13.3. The Morgan fingerprint density at radius 3 is 2.07 bits per heavy atom. The summed E-state index contributed by atoms with van der Waals surface area (Å²) in [6, 6.07) is 31.8. The molecule has 0 N–H and O–H groups in total. The zero-order valence-corrected chi connectivity index (χ0v) is 23.6. The molecule has 1 aromatic heterocycles. The van der Waals surface area contributed by atoms with E-state index >= 15 is 0 Å². The van der Waals surface area contributed by atoms with Gasteiger partial charge < -0.3 is 19.4 Å². The molecule has 2 aliphatic heterocycles. The Morgan fingerprint density at radius 2 is 1.43 bits per heavy atom. The van der Waals surface area contributed by atoms with Gasteiger partial charge in [-0.2, -0.15) is 0 Å². The minimum absolute atomic E-state index is 0.0225. The number of benzene rings is 3. The van der Waals surface area contributed by atoms with Gasteiger partial charge in [0.05, 0.1) is 11.8 Å². The first-order valence-corrected chi connectivity index (χ1v) is 14.6. The number of anilines is 1. The van der Waals surface area contributed by atoms with E-state index < -0.39 is 0 Å². The van der Waals surface area contributed by atoms with Gasteiger partial charge in [-0.15, -0.1) is 10.2 Å². The maximum absolute atomic E-state index is 13.3. The summed E-state index contributed by atoms with van der Waals surface area (Å²) in [4.78, 5) is 32.2. The third-order valence-electron chi connectivity index (χ3n) is 7.98. The molecule has 8 nitrogen and oxygen atoms in total. The molecule has 0 bridgehead atoms. The van der Waals surface area contributed by atoms with E-state index in [1.165, 1.54) is 5.56 Å². The first kappa shape index (κ1) is 27.6. The highest BCUT2D eigenvalue weighted by atomic mass is 16.5. The summed E-state index contributed by atoms with van der Waals surface area (Å²) < 4.78 is 5.78. The van der Waals surface area contributed by atoms with Crippen molar-refractivity contribution in [2.24, 2.45) is 0 Å². The molecule has 0 aliphatic carbocycles. The van der Waals surface area contributed by atoms with Crippen LogP contribution in [0.5, 0.6) is 0 Å². The Morgan fingerprint density at radius 1 is 0.762 bits per heavy atom. The summed E-state index contributed by atoms with van der Waals surface area (Å²) in [5.41, 5.74) is 4.77. The molecule has 0 saturated carbocycles. The van der Waals surface area contributed by atoms with Crippen molar-refractivity contribution < 1.29 is 14.3 Å². The van der Waals surface area contributed by atoms with Crippen LogP contribution < -0.4 is 4.90 Å². The lowest BCUT2D eigenvalue weighted by molar-refractivity contribution is -0.132. The molecule has 0 spiro atoms. The summed E-state index contributed by atoms with van der Waals surface area (Å²) in [6.45, 7) is 3.63. The summed E-state index contributed by atoms with van der Waals surface area (Å²) in [6.07, 6.45) is 1.87. The molecule has 2 fully saturated rings. The van der Waals surface area contributed by atoms with Gasteiger partial charge in [-0.1, -0.05) is 72.8 Å². The fourth-order valence-corrected chi connectivity index (χ4v) is 5.58. The third kappa shape index (κ3) is 6.50. The van der Waals surface area contributed by atoms with Crippen LogP contribution in [0.2, 0.25) is 0 Å². The summed E-state index contributed by atoms with van der Waals surface area (Å²) in [7, 11) is 0. The smallest absolute Gasteiger partial charge is 0.254 e. The minimum atomic E-state index is -0.136. The second-order valence-corrected chi connectivity index (χ2v) is 10.8. The average molecular weight is 562 g/mol. The molecular formula is C34H35N5O3. The molecular weight excluding hydrogens is 526 g/mol. The third-order valence-corrected chi connectivity index (χ3v) is 7.98. The number of aromatic nitrogens is 2. The standard InChI is InChI=1S/C34H35N5O3/c40-33(25-39(24-30-12-7-23-42-30)34(41)29-10-5-2-6-11-29)38-21-19-37(20-22-38)32-18-17-31(35-36-32)28-15-13-27(14-16-28)26-8-3-1-4-9-26/h1-6,8-11,13-18,30H,7,12,19-25H2/t30-/m1/s1. The molecule has 3 heterocycles. The van der Waals surface area contributed by atoms with Crippen molar-refractivity contribution in [2.45, 2.75) is 18.9 Å². The van der Waals surface area contributed by atoms with Crippen LogP contribution >= 0.6 is 0 Å². The monoisotopic (exact) mass is 561 g/mol. The number of carbonyl (C=O) groups excluding carboxylic acids is 2. The van der Waals surface area contributed by atoms with E-state index in [4.69, 9.17) is 4.74 Å². The SMILES string of the molecule is O=C(CN(C[C@H]1CCCO1)C(=O)c1ccccc1)N1CCN(c2ccc(-c3ccc(-c4ccccc4)cc3)nn2)CC1. The van der Waals surface area contributed by atoms with Gasteiger partial charge in [-0.05, 0) is 48.2 Å². The molecule has 0 radical (unpaired) electrons. The van der Waals surface area contributed by atoms with Crippen LogP contribution in [-0.4, -0.2) is 83.8 Å². The number of piperazine rings is 1. The number of hydrogen-bond acceptors (Lipinski definition) is 6. The first-order valence-electron chi connectivity index (χ1n) is 14.6. The van der Waals surface area contributed by atoms with E-state index in [9.17, 15) is 9.59 Å². The van der Waals surface area contributed by atoms with E-state index in [-0.39, 0.29) is 24.5 Å². The molecule has 1 atom stereocenters. The number of nitrogens with zero attached hydrogens (tertiary/aromatic N) is 5. The molecule has 0 unspecified atom stereocenters.